The zero-order valence-corrected chi connectivity index (χ0v) is 9.02. The zero-order chi connectivity index (χ0) is 12.1. The number of hydrogen-bond acceptors (Lipinski definition) is 2. The fraction of sp³-hybridized carbons (Fsp3) is 0. The predicted octanol–water partition coefficient (Wildman–Crippen LogP) is 3.79. The van der Waals surface area contributed by atoms with Crippen molar-refractivity contribution >= 4 is 17.5 Å². The minimum Gasteiger partial charge on any atom is -0.425 e. The SMILES string of the molecule is O=C(O)[N+](=Nc1ccccc1)c1ccccc1. The molecular weight excluding hydrogens is 216 g/mol. The monoisotopic (exact) mass is 227 g/mol. The average molecular weight is 227 g/mol. The summed E-state index contributed by atoms with van der Waals surface area (Å²) in [6.45, 7) is 0. The van der Waals surface area contributed by atoms with Crippen LogP contribution in [0.1, 0.15) is 0 Å². The van der Waals surface area contributed by atoms with E-state index < -0.39 is 6.09 Å². The van der Waals surface area contributed by atoms with Crippen LogP contribution in [0.4, 0.5) is 16.2 Å². The minimum atomic E-state index is -1.11. The van der Waals surface area contributed by atoms with Gasteiger partial charge in [0.2, 0.25) is 5.69 Å². The number of carboxylic acid groups (broad SMARTS) is 1. The summed E-state index contributed by atoms with van der Waals surface area (Å²) in [7, 11) is 0. The molecule has 17 heavy (non-hydrogen) atoms. The van der Waals surface area contributed by atoms with Gasteiger partial charge in [0.1, 0.15) is 5.69 Å². The van der Waals surface area contributed by atoms with Crippen LogP contribution < -0.4 is 0 Å². The van der Waals surface area contributed by atoms with Crippen LogP contribution in [0.3, 0.4) is 0 Å². The first-order valence-corrected chi connectivity index (χ1v) is 5.12. The maximum atomic E-state index is 11.1. The second-order valence-corrected chi connectivity index (χ2v) is 3.37. The van der Waals surface area contributed by atoms with Crippen molar-refractivity contribution < 1.29 is 14.6 Å². The van der Waals surface area contributed by atoms with Gasteiger partial charge in [-0.1, -0.05) is 36.4 Å². The van der Waals surface area contributed by atoms with E-state index in [1.807, 2.05) is 24.3 Å². The van der Waals surface area contributed by atoms with Gasteiger partial charge >= 0.3 is 6.09 Å². The summed E-state index contributed by atoms with van der Waals surface area (Å²) in [5, 5.41) is 13.2. The molecule has 0 fully saturated rings. The molecule has 0 radical (unpaired) electrons. The maximum absolute atomic E-state index is 11.1. The Morgan fingerprint density at radius 1 is 0.941 bits per heavy atom. The molecule has 1 amide bonds. The lowest BCUT2D eigenvalue weighted by Gasteiger charge is -1.93. The van der Waals surface area contributed by atoms with Crippen molar-refractivity contribution in [2.24, 2.45) is 5.11 Å². The fourth-order valence-electron chi connectivity index (χ4n) is 1.39. The highest BCUT2D eigenvalue weighted by molar-refractivity contribution is 5.58. The third kappa shape index (κ3) is 2.75. The van der Waals surface area contributed by atoms with Crippen LogP contribution in [-0.4, -0.2) is 15.9 Å². The molecule has 0 aliphatic heterocycles. The van der Waals surface area contributed by atoms with Crippen LogP contribution in [0.15, 0.2) is 65.8 Å². The lowest BCUT2D eigenvalue weighted by atomic mass is 10.3. The number of rotatable bonds is 2. The topological polar surface area (TPSA) is 52.7 Å². The second-order valence-electron chi connectivity index (χ2n) is 3.37. The van der Waals surface area contributed by atoms with Gasteiger partial charge in [-0.15, -0.1) is 0 Å². The summed E-state index contributed by atoms with van der Waals surface area (Å²) in [6, 6.07) is 17.7. The van der Waals surface area contributed by atoms with Gasteiger partial charge in [0.25, 0.3) is 0 Å². The van der Waals surface area contributed by atoms with Gasteiger partial charge in [-0.2, -0.15) is 4.79 Å². The van der Waals surface area contributed by atoms with Crippen LogP contribution in [0.2, 0.25) is 0 Å². The molecule has 4 heteroatoms. The van der Waals surface area contributed by atoms with Crippen LogP contribution in [0, 0.1) is 0 Å². The van der Waals surface area contributed by atoms with E-state index in [0.717, 1.165) is 4.70 Å². The van der Waals surface area contributed by atoms with E-state index in [1.165, 1.54) is 0 Å². The molecule has 0 aliphatic rings. The van der Waals surface area contributed by atoms with Gasteiger partial charge < -0.3 is 5.11 Å². The molecule has 0 aromatic heterocycles. The van der Waals surface area contributed by atoms with E-state index in [1.54, 1.807) is 36.4 Å². The van der Waals surface area contributed by atoms with E-state index in [-0.39, 0.29) is 0 Å². The predicted molar refractivity (Wildman–Crippen MR) is 62.9 cm³/mol. The van der Waals surface area contributed by atoms with Crippen molar-refractivity contribution in [1.29, 1.82) is 0 Å². The molecule has 0 atom stereocenters. The van der Waals surface area contributed by atoms with Crippen molar-refractivity contribution in [3.63, 3.8) is 0 Å². The lowest BCUT2D eigenvalue weighted by Crippen LogP contribution is -2.10. The highest BCUT2D eigenvalue weighted by Crippen LogP contribution is 2.17. The van der Waals surface area contributed by atoms with Gasteiger partial charge in [0.05, 0.1) is 0 Å². The summed E-state index contributed by atoms with van der Waals surface area (Å²) < 4.78 is 0.954. The first kappa shape index (κ1) is 11.0. The molecule has 0 saturated carbocycles. The quantitative estimate of drug-likeness (QED) is 0.626. The molecule has 0 bridgehead atoms. The van der Waals surface area contributed by atoms with E-state index in [9.17, 15) is 4.79 Å². The molecule has 0 aliphatic carbocycles. The largest absolute Gasteiger partial charge is 0.626 e. The molecule has 84 valence electrons. The number of azo groups is 2. The smallest absolute Gasteiger partial charge is 0.425 e. The first-order chi connectivity index (χ1) is 8.27. The molecule has 0 heterocycles. The molecule has 0 spiro atoms. The summed E-state index contributed by atoms with van der Waals surface area (Å²) >= 11 is 0. The zero-order valence-electron chi connectivity index (χ0n) is 9.02. The van der Waals surface area contributed by atoms with E-state index in [0.29, 0.717) is 11.4 Å². The summed E-state index contributed by atoms with van der Waals surface area (Å²) in [5.41, 5.74) is 1.11. The van der Waals surface area contributed by atoms with E-state index >= 15 is 0 Å². The van der Waals surface area contributed by atoms with Gasteiger partial charge in [0.15, 0.2) is 0 Å². The Bertz CT molecular complexity index is 536. The molecular formula is C13H11N2O2+. The summed E-state index contributed by atoms with van der Waals surface area (Å²) in [6.07, 6.45) is -1.11. The maximum Gasteiger partial charge on any atom is 0.626 e. The molecule has 2 rings (SSSR count). The normalized spacial score (nSPS) is 11.2. The number of para-hydroxylation sites is 1. The lowest BCUT2D eigenvalue weighted by molar-refractivity contribution is -0.422. The number of hydrogen-bond donors (Lipinski definition) is 1. The van der Waals surface area contributed by atoms with Gasteiger partial charge in [-0.05, 0) is 12.1 Å². The van der Waals surface area contributed by atoms with E-state index in [4.69, 9.17) is 5.11 Å². The van der Waals surface area contributed by atoms with Gasteiger partial charge in [-0.25, -0.2) is 0 Å². The van der Waals surface area contributed by atoms with Crippen LogP contribution >= 0.6 is 0 Å². The van der Waals surface area contributed by atoms with Crippen LogP contribution in [0.5, 0.6) is 0 Å². The number of benzene rings is 2. The third-order valence-corrected chi connectivity index (χ3v) is 2.15. The number of nitrogens with zero attached hydrogens (tertiary/aromatic N) is 2. The van der Waals surface area contributed by atoms with Crippen LogP contribution in [-0.2, 0) is 0 Å². The standard InChI is InChI=1S/C13H10N2O2/c16-13(17)15(12-9-5-2-6-10-12)14-11-7-3-1-4-8-11/h1-10H/p+1. The number of amides is 1. The van der Waals surface area contributed by atoms with Gasteiger partial charge in [0, 0.05) is 21.9 Å². The van der Waals surface area contributed by atoms with Crippen molar-refractivity contribution in [3.05, 3.63) is 60.7 Å². The highest BCUT2D eigenvalue weighted by Gasteiger charge is 2.21. The third-order valence-electron chi connectivity index (χ3n) is 2.15. The highest BCUT2D eigenvalue weighted by atomic mass is 16.4. The molecule has 2 aromatic carbocycles. The fourth-order valence-corrected chi connectivity index (χ4v) is 1.39. The Morgan fingerprint density at radius 3 is 2.00 bits per heavy atom. The van der Waals surface area contributed by atoms with Crippen molar-refractivity contribution in [2.75, 3.05) is 0 Å². The van der Waals surface area contributed by atoms with E-state index in [2.05, 4.69) is 5.11 Å². The Kier molecular flexibility index (Phi) is 3.25. The Morgan fingerprint density at radius 2 is 1.47 bits per heavy atom. The minimum absolute atomic E-state index is 0.517. The summed E-state index contributed by atoms with van der Waals surface area (Å²) in [5.74, 6) is 0. The molecule has 4 nitrogen and oxygen atoms in total. The Balaban J connectivity index is 2.44. The first-order valence-electron chi connectivity index (χ1n) is 5.12. The number of carbonyl (C=O) groups is 1. The molecule has 2 aromatic rings. The van der Waals surface area contributed by atoms with Crippen molar-refractivity contribution in [3.8, 4) is 0 Å². The Hall–Kier alpha value is -2.49. The van der Waals surface area contributed by atoms with Crippen LogP contribution in [0.25, 0.3) is 0 Å². The van der Waals surface area contributed by atoms with Gasteiger partial charge in [-0.3, -0.25) is 0 Å². The molecule has 0 unspecified atom stereocenters. The molecule has 1 N–H and O–H groups in total. The Labute approximate surface area is 98.5 Å². The second kappa shape index (κ2) is 5.03. The molecule has 0 saturated heterocycles. The van der Waals surface area contributed by atoms with Crippen molar-refractivity contribution in [1.82, 2.24) is 0 Å². The van der Waals surface area contributed by atoms with Crippen molar-refractivity contribution in [2.45, 2.75) is 0 Å². The average Bonchev–Trinajstić information content (AvgIpc) is 2.38. The summed E-state index contributed by atoms with van der Waals surface area (Å²) in [4.78, 5) is 11.1.